The molecule has 1 aromatic carbocycles. The number of ketones is 1. The molecule has 0 bridgehead atoms. The standard InChI is InChI=1S/C21H24N2O8/c1-4-28-21(25)20(16(24)6-8-19-22-12(2)13(3)31-19)15(10-23(26)27)14-5-7-17-18(9-14)30-11-29-17/h5,7,9,15,20H,4,6,8,10-11H2,1-3H3. The van der Waals surface area contributed by atoms with Crippen molar-refractivity contribution in [3.63, 3.8) is 0 Å². The number of benzene rings is 1. The summed E-state index contributed by atoms with van der Waals surface area (Å²) >= 11 is 0. The highest BCUT2D eigenvalue weighted by molar-refractivity contribution is 6.00. The molecule has 0 N–H and O–H groups in total. The Bertz CT molecular complexity index is 964. The smallest absolute Gasteiger partial charge is 0.317 e. The van der Waals surface area contributed by atoms with Crippen molar-refractivity contribution in [1.29, 1.82) is 0 Å². The second-order valence-electron chi connectivity index (χ2n) is 7.18. The summed E-state index contributed by atoms with van der Waals surface area (Å²) in [5, 5.41) is 11.4. The number of carbonyl (C=O) groups is 2. The van der Waals surface area contributed by atoms with Crippen LogP contribution in [-0.2, 0) is 20.7 Å². The Kier molecular flexibility index (Phi) is 6.88. The largest absolute Gasteiger partial charge is 0.465 e. The van der Waals surface area contributed by atoms with E-state index in [0.717, 1.165) is 5.69 Å². The highest BCUT2D eigenvalue weighted by Gasteiger charge is 2.40. The molecule has 0 saturated heterocycles. The van der Waals surface area contributed by atoms with Gasteiger partial charge in [-0.15, -0.1) is 0 Å². The predicted octanol–water partition coefficient (Wildman–Crippen LogP) is 2.76. The molecule has 10 nitrogen and oxygen atoms in total. The number of aryl methyl sites for hydroxylation is 3. The summed E-state index contributed by atoms with van der Waals surface area (Å²) in [5.41, 5.74) is 1.14. The molecular formula is C21H24N2O8. The molecule has 3 rings (SSSR count). The van der Waals surface area contributed by atoms with E-state index < -0.39 is 35.1 Å². The summed E-state index contributed by atoms with van der Waals surface area (Å²) in [5.74, 6) is -1.71. The van der Waals surface area contributed by atoms with Gasteiger partial charge < -0.3 is 18.6 Å². The van der Waals surface area contributed by atoms with Gasteiger partial charge in [0.2, 0.25) is 13.3 Å². The van der Waals surface area contributed by atoms with Gasteiger partial charge in [-0.05, 0) is 38.5 Å². The first-order chi connectivity index (χ1) is 14.8. The van der Waals surface area contributed by atoms with Crippen LogP contribution in [0, 0.1) is 29.9 Å². The van der Waals surface area contributed by atoms with Crippen LogP contribution in [0.2, 0.25) is 0 Å². The van der Waals surface area contributed by atoms with E-state index in [0.29, 0.717) is 28.7 Å². The summed E-state index contributed by atoms with van der Waals surface area (Å²) in [6.45, 7) is 4.63. The molecule has 2 aromatic rings. The molecule has 31 heavy (non-hydrogen) atoms. The second-order valence-corrected chi connectivity index (χ2v) is 7.18. The second kappa shape index (κ2) is 9.59. The fraction of sp³-hybridized carbons (Fsp3) is 0.476. The number of aromatic nitrogens is 1. The molecule has 0 radical (unpaired) electrons. The van der Waals surface area contributed by atoms with Crippen LogP contribution in [0.15, 0.2) is 22.6 Å². The van der Waals surface area contributed by atoms with Crippen molar-refractivity contribution in [2.75, 3.05) is 19.9 Å². The molecular weight excluding hydrogens is 408 g/mol. The number of esters is 1. The molecule has 0 spiro atoms. The van der Waals surface area contributed by atoms with E-state index in [1.165, 1.54) is 0 Å². The van der Waals surface area contributed by atoms with E-state index in [1.807, 2.05) is 0 Å². The normalized spacial score (nSPS) is 14.2. The number of nitro groups is 1. The van der Waals surface area contributed by atoms with Gasteiger partial charge >= 0.3 is 5.97 Å². The van der Waals surface area contributed by atoms with Gasteiger partial charge in [0.05, 0.1) is 18.2 Å². The average molecular weight is 432 g/mol. The van der Waals surface area contributed by atoms with E-state index in [1.54, 1.807) is 39.0 Å². The van der Waals surface area contributed by atoms with Gasteiger partial charge in [-0.25, -0.2) is 4.98 Å². The van der Waals surface area contributed by atoms with E-state index in [9.17, 15) is 19.7 Å². The van der Waals surface area contributed by atoms with Crippen molar-refractivity contribution >= 4 is 11.8 Å². The van der Waals surface area contributed by atoms with E-state index in [-0.39, 0.29) is 26.2 Å². The van der Waals surface area contributed by atoms with Crippen molar-refractivity contribution in [2.24, 2.45) is 5.92 Å². The molecule has 1 aromatic heterocycles. The highest BCUT2D eigenvalue weighted by atomic mass is 16.7. The van der Waals surface area contributed by atoms with Crippen LogP contribution in [-0.4, -0.2) is 41.6 Å². The zero-order valence-corrected chi connectivity index (χ0v) is 17.6. The third kappa shape index (κ3) is 5.19. The van der Waals surface area contributed by atoms with E-state index in [2.05, 4.69) is 4.98 Å². The van der Waals surface area contributed by atoms with Crippen molar-refractivity contribution in [2.45, 2.75) is 39.5 Å². The molecule has 0 saturated carbocycles. The molecule has 1 aliphatic heterocycles. The fourth-order valence-corrected chi connectivity index (χ4v) is 3.49. The van der Waals surface area contributed by atoms with Gasteiger partial charge in [0.25, 0.3) is 0 Å². The molecule has 2 atom stereocenters. The van der Waals surface area contributed by atoms with Gasteiger partial charge in [0.1, 0.15) is 17.5 Å². The SMILES string of the molecule is CCOC(=O)C(C(=O)CCc1nc(C)c(C)o1)C(C[N+](=O)[O-])c1ccc2c(c1)OCO2. The molecule has 0 amide bonds. The van der Waals surface area contributed by atoms with Crippen molar-refractivity contribution in [3.05, 3.63) is 51.2 Å². The Morgan fingerprint density at radius 2 is 2.00 bits per heavy atom. The molecule has 1 aliphatic rings. The van der Waals surface area contributed by atoms with Gasteiger partial charge in [-0.1, -0.05) is 6.07 Å². The third-order valence-corrected chi connectivity index (χ3v) is 5.12. The lowest BCUT2D eigenvalue weighted by Gasteiger charge is -2.22. The Balaban J connectivity index is 1.89. The van der Waals surface area contributed by atoms with Gasteiger partial charge in [0.15, 0.2) is 17.4 Å². The van der Waals surface area contributed by atoms with Crippen molar-refractivity contribution < 1.29 is 33.1 Å². The number of Topliss-reactive ketones (excluding diaryl/α,β-unsaturated/α-hetero) is 1. The fourth-order valence-electron chi connectivity index (χ4n) is 3.49. The number of nitrogens with zero attached hydrogens (tertiary/aromatic N) is 2. The molecule has 2 unspecified atom stereocenters. The lowest BCUT2D eigenvalue weighted by Crippen LogP contribution is -2.35. The minimum absolute atomic E-state index is 0.0356. The maximum atomic E-state index is 13.1. The van der Waals surface area contributed by atoms with Crippen LogP contribution in [0.1, 0.15) is 42.2 Å². The minimum atomic E-state index is -1.34. The molecule has 10 heteroatoms. The Hall–Kier alpha value is -3.43. The predicted molar refractivity (Wildman–Crippen MR) is 107 cm³/mol. The molecule has 0 aliphatic carbocycles. The number of ether oxygens (including phenoxy) is 3. The average Bonchev–Trinajstić information content (AvgIpc) is 3.31. The number of hydrogen-bond acceptors (Lipinski definition) is 9. The number of oxazole rings is 1. The Morgan fingerprint density at radius 1 is 1.26 bits per heavy atom. The number of fused-ring (bicyclic) bond motifs is 1. The maximum Gasteiger partial charge on any atom is 0.317 e. The van der Waals surface area contributed by atoms with Gasteiger partial charge in [-0.3, -0.25) is 19.7 Å². The summed E-state index contributed by atoms with van der Waals surface area (Å²) in [7, 11) is 0. The van der Waals surface area contributed by atoms with Crippen LogP contribution in [0.4, 0.5) is 0 Å². The maximum absolute atomic E-state index is 13.1. The molecule has 166 valence electrons. The molecule has 2 heterocycles. The van der Waals surface area contributed by atoms with Crippen LogP contribution >= 0.6 is 0 Å². The topological polar surface area (TPSA) is 131 Å². The minimum Gasteiger partial charge on any atom is -0.465 e. The highest BCUT2D eigenvalue weighted by Crippen LogP contribution is 2.37. The van der Waals surface area contributed by atoms with Crippen LogP contribution in [0.5, 0.6) is 11.5 Å². The monoisotopic (exact) mass is 432 g/mol. The number of carbonyl (C=O) groups excluding carboxylic acids is 2. The summed E-state index contributed by atoms with van der Waals surface area (Å²) in [6, 6.07) is 4.77. The first kappa shape index (κ1) is 22.3. The lowest BCUT2D eigenvalue weighted by molar-refractivity contribution is -0.484. The zero-order chi connectivity index (χ0) is 22.5. The Morgan fingerprint density at radius 3 is 2.65 bits per heavy atom. The summed E-state index contributed by atoms with van der Waals surface area (Å²) in [6.07, 6.45) is 0.109. The first-order valence-corrected chi connectivity index (χ1v) is 9.93. The van der Waals surface area contributed by atoms with Gasteiger partial charge in [0, 0.05) is 17.8 Å². The quantitative estimate of drug-likeness (QED) is 0.241. The summed E-state index contributed by atoms with van der Waals surface area (Å²) < 4.78 is 21.2. The zero-order valence-electron chi connectivity index (χ0n) is 17.6. The van der Waals surface area contributed by atoms with Crippen LogP contribution in [0.3, 0.4) is 0 Å². The number of hydrogen-bond donors (Lipinski definition) is 0. The first-order valence-electron chi connectivity index (χ1n) is 9.93. The third-order valence-electron chi connectivity index (χ3n) is 5.12. The van der Waals surface area contributed by atoms with Gasteiger partial charge in [-0.2, -0.15) is 0 Å². The van der Waals surface area contributed by atoms with E-state index >= 15 is 0 Å². The molecule has 0 fully saturated rings. The van der Waals surface area contributed by atoms with Crippen LogP contribution < -0.4 is 9.47 Å². The van der Waals surface area contributed by atoms with Crippen molar-refractivity contribution in [3.8, 4) is 11.5 Å². The van der Waals surface area contributed by atoms with Crippen LogP contribution in [0.25, 0.3) is 0 Å². The summed E-state index contributed by atoms with van der Waals surface area (Å²) in [4.78, 5) is 40.9. The van der Waals surface area contributed by atoms with E-state index in [4.69, 9.17) is 18.6 Å². The number of rotatable bonds is 10. The lowest BCUT2D eigenvalue weighted by atomic mass is 9.81. The Labute approximate surface area is 178 Å². The van der Waals surface area contributed by atoms with Crippen molar-refractivity contribution in [1.82, 2.24) is 4.98 Å².